The van der Waals surface area contributed by atoms with Crippen molar-refractivity contribution in [3.8, 4) is 0 Å². The van der Waals surface area contributed by atoms with Crippen molar-refractivity contribution in [3.63, 3.8) is 0 Å². The van der Waals surface area contributed by atoms with E-state index >= 15 is 0 Å². The normalized spacial score (nSPS) is 11.5. The molecule has 0 fully saturated rings. The van der Waals surface area contributed by atoms with Crippen LogP contribution in [0.2, 0.25) is 0 Å². The SMILES string of the molecule is Cc1cc2cc(Br)ccc2n1C(C)C. The highest BCUT2D eigenvalue weighted by molar-refractivity contribution is 9.10. The van der Waals surface area contributed by atoms with Crippen LogP contribution in [-0.2, 0) is 0 Å². The van der Waals surface area contributed by atoms with E-state index in [0.29, 0.717) is 6.04 Å². The van der Waals surface area contributed by atoms with Crippen LogP contribution in [0.3, 0.4) is 0 Å². The lowest BCUT2D eigenvalue weighted by atomic mass is 10.2. The fourth-order valence-corrected chi connectivity index (χ4v) is 2.41. The van der Waals surface area contributed by atoms with Crippen LogP contribution in [0, 0.1) is 6.92 Å². The molecule has 0 aliphatic carbocycles. The molecule has 1 aromatic heterocycles. The van der Waals surface area contributed by atoms with Gasteiger partial charge in [-0.3, -0.25) is 0 Å². The monoisotopic (exact) mass is 251 g/mol. The second-order valence-electron chi connectivity index (χ2n) is 3.95. The summed E-state index contributed by atoms with van der Waals surface area (Å²) in [7, 11) is 0. The maximum Gasteiger partial charge on any atom is 0.0485 e. The maximum atomic E-state index is 3.49. The summed E-state index contributed by atoms with van der Waals surface area (Å²) in [6.07, 6.45) is 0. The van der Waals surface area contributed by atoms with Gasteiger partial charge in [0.1, 0.15) is 0 Å². The molecule has 0 bridgehead atoms. The summed E-state index contributed by atoms with van der Waals surface area (Å²) in [5.74, 6) is 0. The molecule has 2 heteroatoms. The Morgan fingerprint density at radius 2 is 1.93 bits per heavy atom. The summed E-state index contributed by atoms with van der Waals surface area (Å²) < 4.78 is 3.51. The van der Waals surface area contributed by atoms with Gasteiger partial charge in [-0.1, -0.05) is 15.9 Å². The fraction of sp³-hybridized carbons (Fsp3) is 0.333. The van der Waals surface area contributed by atoms with E-state index in [1.165, 1.54) is 16.6 Å². The van der Waals surface area contributed by atoms with Gasteiger partial charge in [-0.2, -0.15) is 0 Å². The summed E-state index contributed by atoms with van der Waals surface area (Å²) >= 11 is 3.49. The molecule has 14 heavy (non-hydrogen) atoms. The average Bonchev–Trinajstić information content (AvgIpc) is 2.39. The number of halogens is 1. The van der Waals surface area contributed by atoms with Gasteiger partial charge < -0.3 is 4.57 Å². The lowest BCUT2D eigenvalue weighted by Crippen LogP contribution is -2.01. The quantitative estimate of drug-likeness (QED) is 0.713. The standard InChI is InChI=1S/C12H14BrN/c1-8(2)14-9(3)6-10-7-11(13)4-5-12(10)14/h4-8H,1-3H3. The van der Waals surface area contributed by atoms with Gasteiger partial charge in [-0.25, -0.2) is 0 Å². The lowest BCUT2D eigenvalue weighted by Gasteiger charge is -2.12. The van der Waals surface area contributed by atoms with Crippen molar-refractivity contribution in [2.45, 2.75) is 26.8 Å². The molecule has 0 radical (unpaired) electrons. The van der Waals surface area contributed by atoms with Gasteiger partial charge >= 0.3 is 0 Å². The third-order valence-corrected chi connectivity index (χ3v) is 3.00. The van der Waals surface area contributed by atoms with E-state index in [1.807, 2.05) is 0 Å². The Labute approximate surface area is 92.9 Å². The Kier molecular flexibility index (Phi) is 2.40. The molecule has 0 atom stereocenters. The van der Waals surface area contributed by atoms with Gasteiger partial charge in [0, 0.05) is 27.1 Å². The Morgan fingerprint density at radius 1 is 1.21 bits per heavy atom. The Bertz CT molecular complexity index is 468. The van der Waals surface area contributed by atoms with E-state index in [9.17, 15) is 0 Å². The zero-order valence-electron chi connectivity index (χ0n) is 8.71. The molecule has 1 aromatic carbocycles. The third kappa shape index (κ3) is 1.48. The van der Waals surface area contributed by atoms with E-state index in [2.05, 4.69) is 65.5 Å². The number of aromatic nitrogens is 1. The van der Waals surface area contributed by atoms with E-state index in [0.717, 1.165) is 4.47 Å². The molecule has 2 rings (SSSR count). The van der Waals surface area contributed by atoms with E-state index in [4.69, 9.17) is 0 Å². The zero-order valence-corrected chi connectivity index (χ0v) is 10.3. The average molecular weight is 252 g/mol. The van der Waals surface area contributed by atoms with Gasteiger partial charge in [0.15, 0.2) is 0 Å². The predicted octanol–water partition coefficient (Wildman–Crippen LogP) is 4.29. The highest BCUT2D eigenvalue weighted by Gasteiger charge is 2.07. The van der Waals surface area contributed by atoms with Crippen molar-refractivity contribution in [2.75, 3.05) is 0 Å². The van der Waals surface area contributed by atoms with E-state index in [-0.39, 0.29) is 0 Å². The number of hydrogen-bond acceptors (Lipinski definition) is 0. The molecule has 0 saturated carbocycles. The van der Waals surface area contributed by atoms with E-state index in [1.54, 1.807) is 0 Å². The van der Waals surface area contributed by atoms with Crippen molar-refractivity contribution < 1.29 is 0 Å². The summed E-state index contributed by atoms with van der Waals surface area (Å²) in [4.78, 5) is 0. The minimum Gasteiger partial charge on any atom is -0.342 e. The lowest BCUT2D eigenvalue weighted by molar-refractivity contribution is 0.608. The van der Waals surface area contributed by atoms with E-state index < -0.39 is 0 Å². The van der Waals surface area contributed by atoms with Crippen LogP contribution < -0.4 is 0 Å². The van der Waals surface area contributed by atoms with Crippen molar-refractivity contribution in [3.05, 3.63) is 34.4 Å². The molecule has 1 nitrogen and oxygen atoms in total. The smallest absolute Gasteiger partial charge is 0.0485 e. The number of nitrogens with zero attached hydrogens (tertiary/aromatic N) is 1. The van der Waals surface area contributed by atoms with Crippen LogP contribution in [0.25, 0.3) is 10.9 Å². The second-order valence-corrected chi connectivity index (χ2v) is 4.87. The summed E-state index contributed by atoms with van der Waals surface area (Å²) in [5.41, 5.74) is 2.65. The van der Waals surface area contributed by atoms with Gasteiger partial charge in [0.25, 0.3) is 0 Å². The molecular formula is C12H14BrN. The van der Waals surface area contributed by atoms with Gasteiger partial charge in [-0.15, -0.1) is 0 Å². The van der Waals surface area contributed by atoms with Gasteiger partial charge in [0.05, 0.1) is 0 Å². The summed E-state index contributed by atoms with van der Waals surface area (Å²) in [6.45, 7) is 6.59. The summed E-state index contributed by atoms with van der Waals surface area (Å²) in [6, 6.07) is 9.20. The van der Waals surface area contributed by atoms with Crippen molar-refractivity contribution in [2.24, 2.45) is 0 Å². The first kappa shape index (κ1) is 9.78. The number of rotatable bonds is 1. The van der Waals surface area contributed by atoms with Gasteiger partial charge in [0.2, 0.25) is 0 Å². The predicted molar refractivity (Wildman–Crippen MR) is 64.8 cm³/mol. The molecule has 0 aliphatic rings. The first-order valence-electron chi connectivity index (χ1n) is 4.86. The Hall–Kier alpha value is -0.760. The molecule has 2 aromatic rings. The maximum absolute atomic E-state index is 3.49. The molecule has 0 N–H and O–H groups in total. The van der Waals surface area contributed by atoms with Crippen LogP contribution >= 0.6 is 15.9 Å². The highest BCUT2D eigenvalue weighted by atomic mass is 79.9. The number of aryl methyl sites for hydroxylation is 1. The first-order chi connectivity index (χ1) is 6.59. The molecular weight excluding hydrogens is 238 g/mol. The molecule has 74 valence electrons. The Balaban J connectivity index is 2.77. The Morgan fingerprint density at radius 3 is 2.57 bits per heavy atom. The van der Waals surface area contributed by atoms with Crippen molar-refractivity contribution in [1.29, 1.82) is 0 Å². The van der Waals surface area contributed by atoms with Crippen LogP contribution in [0.1, 0.15) is 25.6 Å². The van der Waals surface area contributed by atoms with Gasteiger partial charge in [-0.05, 0) is 45.0 Å². The molecule has 0 spiro atoms. The van der Waals surface area contributed by atoms with Crippen molar-refractivity contribution in [1.82, 2.24) is 4.57 Å². The second kappa shape index (κ2) is 3.43. The number of hydrogen-bond donors (Lipinski definition) is 0. The zero-order chi connectivity index (χ0) is 10.3. The largest absolute Gasteiger partial charge is 0.342 e. The third-order valence-electron chi connectivity index (χ3n) is 2.51. The topological polar surface area (TPSA) is 4.93 Å². The number of fused-ring (bicyclic) bond motifs is 1. The molecule has 1 heterocycles. The molecule has 0 unspecified atom stereocenters. The number of benzene rings is 1. The highest BCUT2D eigenvalue weighted by Crippen LogP contribution is 2.26. The minimum atomic E-state index is 0.522. The molecule has 0 amide bonds. The first-order valence-corrected chi connectivity index (χ1v) is 5.66. The minimum absolute atomic E-state index is 0.522. The summed E-state index contributed by atoms with van der Waals surface area (Å²) in [5, 5.41) is 1.31. The van der Waals surface area contributed by atoms with Crippen LogP contribution in [0.5, 0.6) is 0 Å². The van der Waals surface area contributed by atoms with Crippen LogP contribution in [0.4, 0.5) is 0 Å². The van der Waals surface area contributed by atoms with Crippen LogP contribution in [-0.4, -0.2) is 4.57 Å². The fourth-order valence-electron chi connectivity index (χ4n) is 2.03. The van der Waals surface area contributed by atoms with Crippen molar-refractivity contribution >= 4 is 26.8 Å². The molecule has 0 saturated heterocycles. The molecule has 0 aliphatic heterocycles. The van der Waals surface area contributed by atoms with Crippen LogP contribution in [0.15, 0.2) is 28.7 Å².